The largest absolute Gasteiger partial charge is 0.356 e. The van der Waals surface area contributed by atoms with Gasteiger partial charge in [-0.1, -0.05) is 13.0 Å². The summed E-state index contributed by atoms with van der Waals surface area (Å²) in [5.74, 6) is 2.21. The number of hydrogen-bond donors (Lipinski definition) is 1. The van der Waals surface area contributed by atoms with Crippen molar-refractivity contribution in [2.75, 3.05) is 31.0 Å². The minimum Gasteiger partial charge on any atom is -0.356 e. The zero-order chi connectivity index (χ0) is 12.7. The molecule has 0 aliphatic rings. The lowest BCUT2D eigenvalue weighted by atomic mass is 10.2. The first-order valence-electron chi connectivity index (χ1n) is 6.05. The van der Waals surface area contributed by atoms with Crippen LogP contribution in [0.5, 0.6) is 0 Å². The summed E-state index contributed by atoms with van der Waals surface area (Å²) in [6.45, 7) is 3.05. The Morgan fingerprint density at radius 1 is 1.47 bits per heavy atom. The maximum absolute atomic E-state index is 4.67. The van der Waals surface area contributed by atoms with E-state index in [1.165, 1.54) is 0 Å². The molecular weight excluding hydrogens is 230 g/mol. The topological polar surface area (TPSA) is 28.2 Å². The molecule has 1 N–H and O–H groups in total. The fourth-order valence-electron chi connectivity index (χ4n) is 1.83. The van der Waals surface area contributed by atoms with Gasteiger partial charge in [0.15, 0.2) is 0 Å². The van der Waals surface area contributed by atoms with Gasteiger partial charge in [0.1, 0.15) is 5.82 Å². The highest BCUT2D eigenvalue weighted by Crippen LogP contribution is 2.17. The molecule has 17 heavy (non-hydrogen) atoms. The Kier molecular flexibility index (Phi) is 6.37. The Morgan fingerprint density at radius 2 is 2.24 bits per heavy atom. The number of aromatic nitrogens is 1. The second-order valence-electron chi connectivity index (χ2n) is 4.15. The molecule has 3 nitrogen and oxygen atoms in total. The number of pyridine rings is 1. The number of thioether (sulfide) groups is 1. The van der Waals surface area contributed by atoms with Gasteiger partial charge in [-0.25, -0.2) is 4.98 Å². The van der Waals surface area contributed by atoms with Gasteiger partial charge in [-0.2, -0.15) is 11.8 Å². The molecule has 1 aromatic heterocycles. The molecule has 0 bridgehead atoms. The van der Waals surface area contributed by atoms with Crippen molar-refractivity contribution in [3.8, 4) is 0 Å². The molecule has 0 spiro atoms. The molecular formula is C13H23N3S. The molecule has 1 aromatic rings. The normalized spacial score (nSPS) is 12.5. The number of anilines is 1. The molecule has 1 heterocycles. The minimum absolute atomic E-state index is 0.558. The Balaban J connectivity index is 2.79. The summed E-state index contributed by atoms with van der Waals surface area (Å²) in [5.41, 5.74) is 1.09. The van der Waals surface area contributed by atoms with E-state index >= 15 is 0 Å². The molecule has 1 unspecified atom stereocenters. The second-order valence-corrected chi connectivity index (χ2v) is 5.06. The monoisotopic (exact) mass is 253 g/mol. The molecule has 1 atom stereocenters. The highest BCUT2D eigenvalue weighted by atomic mass is 32.2. The van der Waals surface area contributed by atoms with Crippen LogP contribution in [0.25, 0.3) is 0 Å². The Morgan fingerprint density at radius 3 is 2.82 bits per heavy atom. The van der Waals surface area contributed by atoms with E-state index in [9.17, 15) is 0 Å². The van der Waals surface area contributed by atoms with Gasteiger partial charge in [0.2, 0.25) is 0 Å². The number of nitrogens with zero attached hydrogens (tertiary/aromatic N) is 2. The van der Waals surface area contributed by atoms with Crippen LogP contribution in [-0.2, 0) is 6.54 Å². The van der Waals surface area contributed by atoms with Crippen molar-refractivity contribution in [3.63, 3.8) is 0 Å². The summed E-state index contributed by atoms with van der Waals surface area (Å²) in [5, 5.41) is 3.13. The van der Waals surface area contributed by atoms with Crippen LogP contribution >= 0.6 is 11.8 Å². The number of nitrogens with one attached hydrogen (secondary N) is 1. The van der Waals surface area contributed by atoms with Crippen molar-refractivity contribution in [1.29, 1.82) is 0 Å². The van der Waals surface area contributed by atoms with E-state index in [0.29, 0.717) is 6.04 Å². The van der Waals surface area contributed by atoms with E-state index in [1.807, 2.05) is 18.8 Å². The molecule has 0 aliphatic heterocycles. The lowest BCUT2D eigenvalue weighted by Gasteiger charge is -2.28. The molecule has 0 fully saturated rings. The van der Waals surface area contributed by atoms with Crippen molar-refractivity contribution < 1.29 is 0 Å². The third kappa shape index (κ3) is 4.21. The quantitative estimate of drug-likeness (QED) is 0.807. The summed E-state index contributed by atoms with van der Waals surface area (Å²) < 4.78 is 0. The molecule has 0 aromatic carbocycles. The van der Waals surface area contributed by atoms with Gasteiger partial charge in [0.05, 0.1) is 5.69 Å². The average molecular weight is 253 g/mol. The third-order valence-electron chi connectivity index (χ3n) is 2.89. The van der Waals surface area contributed by atoms with E-state index in [0.717, 1.165) is 30.2 Å². The van der Waals surface area contributed by atoms with Gasteiger partial charge in [-0.05, 0) is 31.9 Å². The maximum atomic E-state index is 4.67. The zero-order valence-electron chi connectivity index (χ0n) is 11.2. The van der Waals surface area contributed by atoms with E-state index in [-0.39, 0.29) is 0 Å². The van der Waals surface area contributed by atoms with Crippen molar-refractivity contribution in [2.24, 2.45) is 0 Å². The van der Waals surface area contributed by atoms with Crippen LogP contribution in [0.4, 0.5) is 5.82 Å². The van der Waals surface area contributed by atoms with Crippen molar-refractivity contribution >= 4 is 17.6 Å². The lowest BCUT2D eigenvalue weighted by Crippen LogP contribution is -2.33. The van der Waals surface area contributed by atoms with Crippen molar-refractivity contribution in [1.82, 2.24) is 10.3 Å². The molecule has 0 saturated heterocycles. The highest BCUT2D eigenvalue weighted by molar-refractivity contribution is 7.98. The third-order valence-corrected chi connectivity index (χ3v) is 3.61. The molecule has 0 saturated carbocycles. The van der Waals surface area contributed by atoms with Gasteiger partial charge >= 0.3 is 0 Å². The summed E-state index contributed by atoms with van der Waals surface area (Å²) in [6, 6.07) is 6.78. The molecule has 0 amide bonds. The van der Waals surface area contributed by atoms with Crippen LogP contribution in [-0.4, -0.2) is 37.1 Å². The molecule has 0 aliphatic carbocycles. The number of hydrogen-bond acceptors (Lipinski definition) is 4. The van der Waals surface area contributed by atoms with Crippen molar-refractivity contribution in [2.45, 2.75) is 25.9 Å². The summed E-state index contributed by atoms with van der Waals surface area (Å²) in [4.78, 5) is 6.96. The smallest absolute Gasteiger partial charge is 0.128 e. The van der Waals surface area contributed by atoms with E-state index < -0.39 is 0 Å². The van der Waals surface area contributed by atoms with Gasteiger partial charge in [0, 0.05) is 25.4 Å². The number of rotatable bonds is 7. The maximum Gasteiger partial charge on any atom is 0.128 e. The van der Waals surface area contributed by atoms with Crippen LogP contribution in [0.2, 0.25) is 0 Å². The Bertz CT molecular complexity index is 330. The first-order chi connectivity index (χ1) is 8.22. The van der Waals surface area contributed by atoms with E-state index in [2.05, 4.69) is 53.6 Å². The summed E-state index contributed by atoms with van der Waals surface area (Å²) in [7, 11) is 4.08. The summed E-state index contributed by atoms with van der Waals surface area (Å²) in [6.07, 6.45) is 3.30. The fraction of sp³-hybridized carbons (Fsp3) is 0.615. The first-order valence-corrected chi connectivity index (χ1v) is 7.44. The molecule has 96 valence electrons. The molecule has 1 rings (SSSR count). The zero-order valence-corrected chi connectivity index (χ0v) is 12.0. The fourth-order valence-corrected chi connectivity index (χ4v) is 2.67. The average Bonchev–Trinajstić information content (AvgIpc) is 2.36. The highest BCUT2D eigenvalue weighted by Gasteiger charge is 2.13. The van der Waals surface area contributed by atoms with Crippen LogP contribution in [0.15, 0.2) is 18.2 Å². The summed E-state index contributed by atoms with van der Waals surface area (Å²) >= 11 is 1.89. The Labute approximate surface area is 109 Å². The second kappa shape index (κ2) is 7.56. The predicted octanol–water partition coefficient (Wildman–Crippen LogP) is 2.38. The van der Waals surface area contributed by atoms with E-state index in [4.69, 9.17) is 0 Å². The Hall–Kier alpha value is -0.740. The predicted molar refractivity (Wildman–Crippen MR) is 77.9 cm³/mol. The minimum atomic E-state index is 0.558. The van der Waals surface area contributed by atoms with Crippen LogP contribution < -0.4 is 10.2 Å². The molecule has 4 heteroatoms. The van der Waals surface area contributed by atoms with Crippen LogP contribution in [0.3, 0.4) is 0 Å². The van der Waals surface area contributed by atoms with Gasteiger partial charge < -0.3 is 10.2 Å². The SMILES string of the molecule is CCC(CSC)N(C)c1cccc(CNC)n1. The van der Waals surface area contributed by atoms with Gasteiger partial charge in [-0.15, -0.1) is 0 Å². The standard InChI is InChI=1S/C13H23N3S/c1-5-12(10-17-4)16(3)13-8-6-7-11(15-13)9-14-2/h6-8,12,14H,5,9-10H2,1-4H3. The van der Waals surface area contributed by atoms with Gasteiger partial charge in [0.25, 0.3) is 0 Å². The van der Waals surface area contributed by atoms with E-state index in [1.54, 1.807) is 0 Å². The van der Waals surface area contributed by atoms with Gasteiger partial charge in [-0.3, -0.25) is 0 Å². The lowest BCUT2D eigenvalue weighted by molar-refractivity contribution is 0.662. The molecule has 0 radical (unpaired) electrons. The van der Waals surface area contributed by atoms with Crippen LogP contribution in [0.1, 0.15) is 19.0 Å². The van der Waals surface area contributed by atoms with Crippen LogP contribution in [0, 0.1) is 0 Å². The first kappa shape index (κ1) is 14.3. The van der Waals surface area contributed by atoms with Crippen molar-refractivity contribution in [3.05, 3.63) is 23.9 Å².